The molecule has 10 heteroatoms. The van der Waals surface area contributed by atoms with Crippen molar-refractivity contribution in [1.29, 1.82) is 0 Å². The van der Waals surface area contributed by atoms with Gasteiger partial charge in [0.2, 0.25) is 0 Å². The number of hydrogen-bond donors (Lipinski definition) is 0. The van der Waals surface area contributed by atoms with Gasteiger partial charge in [0, 0.05) is 23.1 Å². The maximum Gasteiger partial charge on any atom is 1.00 e. The fraction of sp³-hybridized carbons (Fsp3) is 0.130. The average Bonchev–Trinajstić information content (AvgIpc) is 2.74. The first-order chi connectivity index (χ1) is 14.9. The Labute approximate surface area is 232 Å². The van der Waals surface area contributed by atoms with Gasteiger partial charge in [0.1, 0.15) is 23.1 Å². The molecule has 0 aliphatic heterocycles. The molecule has 4 aromatic rings. The maximum absolute atomic E-state index is 12.6. The first-order valence-corrected chi connectivity index (χ1v) is 9.49. The molecule has 0 saturated heterocycles. The van der Waals surface area contributed by atoms with Crippen LogP contribution in [0, 0.1) is 0 Å². The summed E-state index contributed by atoms with van der Waals surface area (Å²) in [6, 6.07) is 12.2. The van der Waals surface area contributed by atoms with Crippen LogP contribution in [0.1, 0.15) is 40.0 Å². The number of carbonyl (C=O) groups excluding carboxylic acids is 2. The van der Waals surface area contributed by atoms with Crippen LogP contribution in [0.4, 0.5) is 0 Å². The molecule has 2 aromatic heterocycles. The number of para-hydroxylation sites is 1. The Bertz CT molecular complexity index is 1400. The SMILES string of the molecule is CCCc1c2nc(C(=O)[O-])cc(Oc3ccccc3)c2cc2c(=O)cc(C(=O)[O-])oc12.[Na+].[Na+]. The molecular weight excluding hydrogens is 448 g/mol. The van der Waals surface area contributed by atoms with Crippen molar-refractivity contribution in [3.63, 3.8) is 0 Å². The van der Waals surface area contributed by atoms with Crippen LogP contribution in [0.25, 0.3) is 21.9 Å². The van der Waals surface area contributed by atoms with Crippen molar-refractivity contribution in [3.05, 3.63) is 75.8 Å². The summed E-state index contributed by atoms with van der Waals surface area (Å²) in [4.78, 5) is 39.7. The summed E-state index contributed by atoms with van der Waals surface area (Å²) >= 11 is 0. The van der Waals surface area contributed by atoms with E-state index in [1.54, 1.807) is 30.3 Å². The van der Waals surface area contributed by atoms with Crippen molar-refractivity contribution < 1.29 is 88.1 Å². The van der Waals surface area contributed by atoms with E-state index < -0.39 is 23.1 Å². The Morgan fingerprint density at radius 1 is 1.00 bits per heavy atom. The number of fused-ring (bicyclic) bond motifs is 2. The van der Waals surface area contributed by atoms with Crippen LogP contribution in [-0.4, -0.2) is 16.9 Å². The molecule has 0 aliphatic rings. The standard InChI is InChI=1S/C23H17NO7.2Na/c1-2-6-13-20-15(9-14-17(25)11-19(23(28)29)31-21(13)14)18(10-16(24-20)22(26)27)30-12-7-4-3-5-8-12;;/h3-5,7-11H,2,6H2,1H3,(H,26,27)(H,28,29);;/q;2*+1/p-2. The number of carbonyl (C=O) groups is 2. The fourth-order valence-electron chi connectivity index (χ4n) is 3.40. The van der Waals surface area contributed by atoms with Crippen molar-refractivity contribution in [2.75, 3.05) is 0 Å². The zero-order chi connectivity index (χ0) is 22.1. The van der Waals surface area contributed by atoms with Crippen molar-refractivity contribution in [2.45, 2.75) is 19.8 Å². The molecule has 0 radical (unpaired) electrons. The van der Waals surface area contributed by atoms with Crippen molar-refractivity contribution in [2.24, 2.45) is 0 Å². The number of carboxylic acids is 2. The van der Waals surface area contributed by atoms with Crippen LogP contribution >= 0.6 is 0 Å². The van der Waals surface area contributed by atoms with Gasteiger partial charge in [0.25, 0.3) is 0 Å². The monoisotopic (exact) mass is 463 g/mol. The molecule has 0 amide bonds. The van der Waals surface area contributed by atoms with E-state index in [9.17, 15) is 24.6 Å². The van der Waals surface area contributed by atoms with Gasteiger partial charge >= 0.3 is 59.1 Å². The molecule has 0 fully saturated rings. The van der Waals surface area contributed by atoms with Gasteiger partial charge in [-0.05, 0) is 24.6 Å². The van der Waals surface area contributed by atoms with Gasteiger partial charge in [-0.2, -0.15) is 0 Å². The molecule has 8 nitrogen and oxygen atoms in total. The Hall–Kier alpha value is -2.20. The minimum atomic E-state index is -1.63. The summed E-state index contributed by atoms with van der Waals surface area (Å²) in [5.41, 5.74) is -0.297. The second kappa shape index (κ2) is 11.3. The molecule has 0 saturated carbocycles. The summed E-state index contributed by atoms with van der Waals surface area (Å²) in [6.45, 7) is 1.87. The van der Waals surface area contributed by atoms with E-state index in [-0.39, 0.29) is 87.0 Å². The van der Waals surface area contributed by atoms with Crippen LogP contribution in [0.15, 0.2) is 57.7 Å². The van der Waals surface area contributed by atoms with Gasteiger partial charge in [0.05, 0.1) is 22.6 Å². The maximum atomic E-state index is 12.6. The van der Waals surface area contributed by atoms with Crippen molar-refractivity contribution >= 4 is 33.8 Å². The number of hydrogen-bond acceptors (Lipinski definition) is 8. The molecule has 0 spiro atoms. The molecule has 2 aromatic carbocycles. The summed E-state index contributed by atoms with van der Waals surface area (Å²) in [5.74, 6) is -3.14. The predicted molar refractivity (Wildman–Crippen MR) is 107 cm³/mol. The number of rotatable bonds is 6. The molecule has 4 rings (SSSR count). The molecule has 0 atom stereocenters. The van der Waals surface area contributed by atoms with E-state index in [1.807, 2.05) is 6.92 Å². The van der Waals surface area contributed by atoms with E-state index in [0.29, 0.717) is 29.5 Å². The number of aromatic nitrogens is 1. The number of pyridine rings is 1. The Morgan fingerprint density at radius 3 is 2.30 bits per heavy atom. The summed E-state index contributed by atoms with van der Waals surface area (Å²) in [5, 5.41) is 23.4. The number of ether oxygens (including phenoxy) is 1. The third-order valence-corrected chi connectivity index (χ3v) is 4.73. The fourth-order valence-corrected chi connectivity index (χ4v) is 3.40. The third-order valence-electron chi connectivity index (χ3n) is 4.73. The van der Waals surface area contributed by atoms with Crippen molar-refractivity contribution in [1.82, 2.24) is 4.98 Å². The smallest absolute Gasteiger partial charge is 0.543 e. The number of benzene rings is 2. The predicted octanol–water partition coefficient (Wildman–Crippen LogP) is -4.18. The summed E-state index contributed by atoms with van der Waals surface area (Å²) in [6.07, 6.45) is 0.946. The van der Waals surface area contributed by atoms with Gasteiger partial charge < -0.3 is 29.0 Å². The van der Waals surface area contributed by atoms with Gasteiger partial charge in [-0.3, -0.25) is 4.79 Å². The zero-order valence-corrected chi connectivity index (χ0v) is 22.3. The summed E-state index contributed by atoms with van der Waals surface area (Å²) in [7, 11) is 0. The largest absolute Gasteiger partial charge is 1.00 e. The Balaban J connectivity index is 0.00000193. The molecule has 0 N–H and O–H groups in total. The van der Waals surface area contributed by atoms with E-state index in [0.717, 1.165) is 6.07 Å². The van der Waals surface area contributed by atoms with E-state index in [4.69, 9.17) is 9.15 Å². The Morgan fingerprint density at radius 2 is 1.70 bits per heavy atom. The second-order valence-corrected chi connectivity index (χ2v) is 6.85. The molecular formula is C23H15NNa2O7. The molecule has 33 heavy (non-hydrogen) atoms. The van der Waals surface area contributed by atoms with Gasteiger partial charge in [0.15, 0.2) is 11.2 Å². The molecule has 0 aliphatic carbocycles. The topological polar surface area (TPSA) is 133 Å². The number of carboxylic acid groups (broad SMARTS) is 2. The van der Waals surface area contributed by atoms with Crippen LogP contribution in [0.5, 0.6) is 11.5 Å². The van der Waals surface area contributed by atoms with Crippen LogP contribution < -0.4 is 79.5 Å². The number of aromatic carboxylic acids is 2. The molecule has 156 valence electrons. The minimum absolute atomic E-state index is 0. The van der Waals surface area contributed by atoms with Gasteiger partial charge in [-0.15, -0.1) is 0 Å². The van der Waals surface area contributed by atoms with Gasteiger partial charge in [-0.1, -0.05) is 31.5 Å². The van der Waals surface area contributed by atoms with Crippen LogP contribution in [0.3, 0.4) is 0 Å². The Kier molecular flexibility index (Phi) is 9.25. The van der Waals surface area contributed by atoms with E-state index in [1.165, 1.54) is 12.1 Å². The average molecular weight is 463 g/mol. The normalized spacial score (nSPS) is 10.3. The molecule has 0 unspecified atom stereocenters. The minimum Gasteiger partial charge on any atom is -0.543 e. The van der Waals surface area contributed by atoms with Gasteiger partial charge in [-0.25, -0.2) is 4.98 Å². The number of nitrogens with zero attached hydrogens (tertiary/aromatic N) is 1. The first-order valence-electron chi connectivity index (χ1n) is 9.49. The van der Waals surface area contributed by atoms with E-state index >= 15 is 0 Å². The zero-order valence-electron chi connectivity index (χ0n) is 18.3. The second-order valence-electron chi connectivity index (χ2n) is 6.85. The van der Waals surface area contributed by atoms with Crippen LogP contribution in [-0.2, 0) is 6.42 Å². The first kappa shape index (κ1) is 27.0. The molecule has 0 bridgehead atoms. The number of aryl methyl sites for hydroxylation is 1. The van der Waals surface area contributed by atoms with Crippen LogP contribution in [0.2, 0.25) is 0 Å². The third kappa shape index (κ3) is 5.48. The van der Waals surface area contributed by atoms with E-state index in [2.05, 4.69) is 4.98 Å². The van der Waals surface area contributed by atoms with Crippen molar-refractivity contribution in [3.8, 4) is 11.5 Å². The summed E-state index contributed by atoms with van der Waals surface area (Å²) < 4.78 is 11.3. The molecule has 2 heterocycles. The quantitative estimate of drug-likeness (QED) is 0.208.